The van der Waals surface area contributed by atoms with Gasteiger partial charge in [-0.15, -0.1) is 0 Å². The maximum Gasteiger partial charge on any atom is 0.337 e. The Morgan fingerprint density at radius 3 is 2.37 bits per heavy atom. The van der Waals surface area contributed by atoms with Crippen LogP contribution in [0.2, 0.25) is 0 Å². The molecule has 2 aliphatic rings. The van der Waals surface area contributed by atoms with Crippen LogP contribution in [-0.4, -0.2) is 80.1 Å². The fraction of sp³-hybridized carbons (Fsp3) is 0.429. The van der Waals surface area contributed by atoms with Crippen molar-refractivity contribution in [3.63, 3.8) is 0 Å². The van der Waals surface area contributed by atoms with Gasteiger partial charge in [-0.1, -0.05) is 36.4 Å². The van der Waals surface area contributed by atoms with Gasteiger partial charge >= 0.3 is 5.97 Å². The molecule has 49 heavy (non-hydrogen) atoms. The van der Waals surface area contributed by atoms with Crippen LogP contribution in [-0.2, 0) is 35.5 Å². The van der Waals surface area contributed by atoms with Crippen LogP contribution in [0.4, 0.5) is 10.1 Å². The number of benzene rings is 3. The molecule has 264 valence electrons. The number of hydrogen-bond acceptors (Lipinski definition) is 10. The molecule has 0 radical (unpaired) electrons. The van der Waals surface area contributed by atoms with E-state index in [0.29, 0.717) is 42.8 Å². The lowest BCUT2D eigenvalue weighted by Gasteiger charge is -2.48. The molecule has 3 aromatic carbocycles. The molecule has 2 aliphatic heterocycles. The van der Waals surface area contributed by atoms with Crippen molar-refractivity contribution in [1.29, 1.82) is 0 Å². The molecular formula is C35H41FN2O10S. The van der Waals surface area contributed by atoms with Crippen molar-refractivity contribution in [3.8, 4) is 5.75 Å². The highest BCUT2D eigenvalue weighted by Gasteiger charge is 2.48. The second kappa shape index (κ2) is 15.7. The SMILES string of the molecule is COC(=O)[C@H]1O[C@@H](Oc2ccc([C@@H]3C(CC[C@H](O)c4ccc(F)cc4)C(=O)N3c3ccc(CCCNS(C)(=O)=O)cc3)cc2)C[C@@H](O)[C@@H]1O. The van der Waals surface area contributed by atoms with Crippen LogP contribution in [0.15, 0.2) is 72.8 Å². The van der Waals surface area contributed by atoms with Gasteiger partial charge in [-0.2, -0.15) is 0 Å². The third-order valence-electron chi connectivity index (χ3n) is 8.80. The van der Waals surface area contributed by atoms with Crippen molar-refractivity contribution < 1.29 is 51.9 Å². The topological polar surface area (TPSA) is 172 Å². The number of sulfonamides is 1. The van der Waals surface area contributed by atoms with E-state index in [4.69, 9.17) is 9.47 Å². The largest absolute Gasteiger partial charge is 0.467 e. The summed E-state index contributed by atoms with van der Waals surface area (Å²) in [6.45, 7) is 0.319. The number of aryl methyl sites for hydroxylation is 1. The molecule has 0 aliphatic carbocycles. The summed E-state index contributed by atoms with van der Waals surface area (Å²) < 4.78 is 54.6. The molecule has 2 heterocycles. The van der Waals surface area contributed by atoms with E-state index in [1.165, 1.54) is 24.3 Å². The Morgan fingerprint density at radius 2 is 1.73 bits per heavy atom. The summed E-state index contributed by atoms with van der Waals surface area (Å²) in [5, 5.41) is 31.2. The maximum absolute atomic E-state index is 13.6. The third-order valence-corrected chi connectivity index (χ3v) is 9.53. The third kappa shape index (κ3) is 9.01. The Hall–Kier alpha value is -3.92. The Balaban J connectivity index is 1.31. The van der Waals surface area contributed by atoms with Gasteiger partial charge in [0.15, 0.2) is 6.10 Å². The maximum atomic E-state index is 13.6. The number of hydrogen-bond donors (Lipinski definition) is 4. The lowest BCUT2D eigenvalue weighted by Crippen LogP contribution is -2.55. The van der Waals surface area contributed by atoms with Gasteiger partial charge in [-0.05, 0) is 78.8 Å². The number of esters is 1. The van der Waals surface area contributed by atoms with Gasteiger partial charge < -0.3 is 34.4 Å². The van der Waals surface area contributed by atoms with E-state index in [2.05, 4.69) is 9.46 Å². The molecule has 12 nitrogen and oxygen atoms in total. The summed E-state index contributed by atoms with van der Waals surface area (Å²) in [5.41, 5.74) is 3.03. The van der Waals surface area contributed by atoms with Crippen molar-refractivity contribution in [2.75, 3.05) is 24.8 Å². The van der Waals surface area contributed by atoms with Crippen molar-refractivity contribution in [2.45, 2.75) is 68.9 Å². The molecular weight excluding hydrogens is 659 g/mol. The van der Waals surface area contributed by atoms with E-state index < -0.39 is 58.4 Å². The molecule has 2 saturated heterocycles. The molecule has 0 saturated carbocycles. The summed E-state index contributed by atoms with van der Waals surface area (Å²) in [4.78, 5) is 27.4. The first-order chi connectivity index (χ1) is 23.3. The number of aliphatic hydroxyl groups excluding tert-OH is 3. The van der Waals surface area contributed by atoms with E-state index >= 15 is 0 Å². The van der Waals surface area contributed by atoms with Crippen LogP contribution in [0.1, 0.15) is 54.5 Å². The zero-order chi connectivity index (χ0) is 35.3. The second-order valence-corrected chi connectivity index (χ2v) is 14.2. The van der Waals surface area contributed by atoms with Crippen molar-refractivity contribution in [1.82, 2.24) is 4.72 Å². The molecule has 1 unspecified atom stereocenters. The molecule has 0 bridgehead atoms. The smallest absolute Gasteiger partial charge is 0.337 e. The first-order valence-electron chi connectivity index (χ1n) is 16.0. The summed E-state index contributed by atoms with van der Waals surface area (Å²) >= 11 is 0. The van der Waals surface area contributed by atoms with E-state index in [-0.39, 0.29) is 24.8 Å². The fourth-order valence-electron chi connectivity index (χ4n) is 6.18. The quantitative estimate of drug-likeness (QED) is 0.111. The Labute approximate surface area is 284 Å². The summed E-state index contributed by atoms with van der Waals surface area (Å²) in [7, 11) is -2.11. The predicted octanol–water partition coefficient (Wildman–Crippen LogP) is 2.91. The van der Waals surface area contributed by atoms with Crippen LogP contribution in [0, 0.1) is 11.7 Å². The predicted molar refractivity (Wildman–Crippen MR) is 176 cm³/mol. The van der Waals surface area contributed by atoms with Gasteiger partial charge in [-0.25, -0.2) is 22.3 Å². The van der Waals surface area contributed by atoms with Gasteiger partial charge in [0.05, 0.1) is 37.5 Å². The van der Waals surface area contributed by atoms with Gasteiger partial charge in [0, 0.05) is 18.7 Å². The van der Waals surface area contributed by atoms with E-state index in [0.717, 1.165) is 24.5 Å². The summed E-state index contributed by atoms with van der Waals surface area (Å²) in [6.07, 6.45) is -3.10. The molecule has 0 aromatic heterocycles. The number of nitrogens with one attached hydrogen (secondary N) is 1. The van der Waals surface area contributed by atoms with Crippen LogP contribution in [0.3, 0.4) is 0 Å². The first-order valence-corrected chi connectivity index (χ1v) is 17.9. The van der Waals surface area contributed by atoms with Gasteiger partial charge in [0.25, 0.3) is 0 Å². The molecule has 5 rings (SSSR count). The lowest BCUT2D eigenvalue weighted by molar-refractivity contribution is -0.230. The second-order valence-electron chi connectivity index (χ2n) is 12.3. The molecule has 2 fully saturated rings. The lowest BCUT2D eigenvalue weighted by atomic mass is 9.78. The monoisotopic (exact) mass is 700 g/mol. The Bertz CT molecular complexity index is 1690. The summed E-state index contributed by atoms with van der Waals surface area (Å²) in [6, 6.07) is 19.7. The number of rotatable bonds is 14. The standard InChI is InChI=1S/C35H41FN2O10S/c1-46-35(43)33-32(41)29(40)20-30(48-33)47-26-15-9-23(10-16-26)31-27(17-18-28(39)22-7-11-24(36)12-8-22)34(42)38(31)25-13-5-21(6-14-25)4-3-19-37-49(2,44)45/h5-16,27-33,37,39-41H,3-4,17-20H2,1-2H3/t27?,28-,29+,30+,31+,32-,33-/m0/s1. The normalized spacial score (nSPS) is 24.6. The molecule has 14 heteroatoms. The van der Waals surface area contributed by atoms with E-state index in [1.807, 2.05) is 24.3 Å². The highest BCUT2D eigenvalue weighted by molar-refractivity contribution is 7.88. The Kier molecular flexibility index (Phi) is 11.7. The number of nitrogens with zero attached hydrogens (tertiary/aromatic N) is 1. The zero-order valence-corrected chi connectivity index (χ0v) is 28.0. The van der Waals surface area contributed by atoms with Crippen molar-refractivity contribution >= 4 is 27.6 Å². The Morgan fingerprint density at radius 1 is 1.06 bits per heavy atom. The van der Waals surface area contributed by atoms with Crippen LogP contribution >= 0.6 is 0 Å². The number of ether oxygens (including phenoxy) is 3. The number of aliphatic hydroxyl groups is 3. The molecule has 1 amide bonds. The van der Waals surface area contributed by atoms with Crippen molar-refractivity contribution in [2.24, 2.45) is 5.92 Å². The number of methoxy groups -OCH3 is 1. The van der Waals surface area contributed by atoms with Crippen LogP contribution in [0.5, 0.6) is 5.75 Å². The van der Waals surface area contributed by atoms with E-state index in [9.17, 15) is 37.7 Å². The average Bonchev–Trinajstić information content (AvgIpc) is 3.07. The van der Waals surface area contributed by atoms with Crippen LogP contribution in [0.25, 0.3) is 0 Å². The minimum atomic E-state index is -3.26. The molecule has 4 N–H and O–H groups in total. The average molecular weight is 701 g/mol. The number of carbonyl (C=O) groups is 2. The van der Waals surface area contributed by atoms with Crippen molar-refractivity contribution in [3.05, 3.63) is 95.3 Å². The number of carbonyl (C=O) groups excluding carboxylic acids is 2. The zero-order valence-electron chi connectivity index (χ0n) is 27.1. The fourth-order valence-corrected chi connectivity index (χ4v) is 6.70. The molecule has 7 atom stereocenters. The van der Waals surface area contributed by atoms with Gasteiger partial charge in [0.2, 0.25) is 22.2 Å². The molecule has 3 aromatic rings. The highest BCUT2D eigenvalue weighted by atomic mass is 32.2. The minimum Gasteiger partial charge on any atom is -0.467 e. The summed E-state index contributed by atoms with van der Waals surface area (Å²) in [5.74, 6) is -1.44. The number of halogens is 1. The number of β-lactam (4-membered cyclic amide) rings is 1. The van der Waals surface area contributed by atoms with Crippen LogP contribution < -0.4 is 14.4 Å². The first kappa shape index (κ1) is 36.4. The highest BCUT2D eigenvalue weighted by Crippen LogP contribution is 2.46. The number of amides is 1. The van der Waals surface area contributed by atoms with E-state index in [1.54, 1.807) is 29.2 Å². The minimum absolute atomic E-state index is 0.0794. The number of anilines is 1. The van der Waals surface area contributed by atoms with Gasteiger partial charge in [0.1, 0.15) is 17.7 Å². The van der Waals surface area contributed by atoms with Gasteiger partial charge in [-0.3, -0.25) is 4.79 Å². The molecule has 0 spiro atoms.